The Morgan fingerprint density at radius 2 is 2.33 bits per heavy atom. The van der Waals surface area contributed by atoms with Gasteiger partial charge in [0.05, 0.1) is 6.57 Å². The maximum atomic E-state index is 8.05. The molecule has 0 amide bonds. The van der Waals surface area contributed by atoms with Gasteiger partial charge in [0.15, 0.2) is 5.69 Å². The molecule has 0 saturated heterocycles. The second-order valence-corrected chi connectivity index (χ2v) is 2.17. The van der Waals surface area contributed by atoms with E-state index in [0.717, 1.165) is 5.56 Å². The zero-order chi connectivity index (χ0) is 8.81. The predicted molar refractivity (Wildman–Crippen MR) is 45.6 cm³/mol. The zero-order valence-electron chi connectivity index (χ0n) is 6.31. The van der Waals surface area contributed by atoms with Crippen LogP contribution in [0.15, 0.2) is 29.4 Å². The molecule has 0 aromatic heterocycles. The lowest BCUT2D eigenvalue weighted by Gasteiger charge is -1.94. The second kappa shape index (κ2) is 4.02. The van der Waals surface area contributed by atoms with Crippen molar-refractivity contribution in [3.63, 3.8) is 0 Å². The maximum Gasteiger partial charge on any atom is 0.187 e. The molecule has 0 aliphatic carbocycles. The molecule has 0 aliphatic rings. The Morgan fingerprint density at radius 3 is 3.00 bits per heavy atom. The summed E-state index contributed by atoms with van der Waals surface area (Å²) < 4.78 is 0. The molecule has 0 saturated carbocycles. The number of azide groups is 1. The first-order valence-corrected chi connectivity index (χ1v) is 3.34. The topological polar surface area (TPSA) is 53.1 Å². The van der Waals surface area contributed by atoms with Crippen LogP contribution in [0.1, 0.15) is 5.56 Å². The highest BCUT2D eigenvalue weighted by atomic mass is 15.1. The van der Waals surface area contributed by atoms with Gasteiger partial charge in [-0.25, -0.2) is 4.85 Å². The van der Waals surface area contributed by atoms with E-state index in [1.165, 1.54) is 0 Å². The van der Waals surface area contributed by atoms with E-state index < -0.39 is 0 Å². The van der Waals surface area contributed by atoms with Gasteiger partial charge >= 0.3 is 0 Å². The van der Waals surface area contributed by atoms with E-state index in [9.17, 15) is 0 Å². The first kappa shape index (κ1) is 8.12. The summed E-state index contributed by atoms with van der Waals surface area (Å²) >= 11 is 0. The number of hydrogen-bond donors (Lipinski definition) is 0. The fraction of sp³-hybridized carbons (Fsp3) is 0.125. The Morgan fingerprint density at radius 1 is 1.50 bits per heavy atom. The standard InChI is InChI=1S/C8H6N4/c1-10-8-4-2-3-7(5-8)6-11-12-9/h2-5H,6H2. The summed E-state index contributed by atoms with van der Waals surface area (Å²) in [5, 5.41) is 3.40. The molecule has 0 unspecified atom stereocenters. The molecule has 58 valence electrons. The number of hydrogen-bond acceptors (Lipinski definition) is 1. The fourth-order valence-corrected chi connectivity index (χ4v) is 0.838. The smallest absolute Gasteiger partial charge is 0.187 e. The normalized spacial score (nSPS) is 8.25. The van der Waals surface area contributed by atoms with Gasteiger partial charge < -0.3 is 0 Å². The van der Waals surface area contributed by atoms with Crippen LogP contribution in [0, 0.1) is 6.57 Å². The number of nitrogens with zero attached hydrogens (tertiary/aromatic N) is 4. The van der Waals surface area contributed by atoms with Gasteiger partial charge in [-0.2, -0.15) is 0 Å². The van der Waals surface area contributed by atoms with Crippen molar-refractivity contribution in [2.45, 2.75) is 6.54 Å². The molecular weight excluding hydrogens is 152 g/mol. The van der Waals surface area contributed by atoms with Crippen molar-refractivity contribution in [2.24, 2.45) is 5.11 Å². The number of benzene rings is 1. The third-order valence-corrected chi connectivity index (χ3v) is 1.36. The van der Waals surface area contributed by atoms with Crippen LogP contribution in [0.5, 0.6) is 0 Å². The van der Waals surface area contributed by atoms with Crippen molar-refractivity contribution in [1.29, 1.82) is 0 Å². The van der Waals surface area contributed by atoms with Crippen LogP contribution in [-0.2, 0) is 6.54 Å². The monoisotopic (exact) mass is 158 g/mol. The van der Waals surface area contributed by atoms with E-state index in [4.69, 9.17) is 12.1 Å². The number of rotatable bonds is 2. The molecule has 1 aromatic rings. The van der Waals surface area contributed by atoms with E-state index in [-0.39, 0.29) is 0 Å². The quantitative estimate of drug-likeness (QED) is 0.275. The molecular formula is C8H6N4. The second-order valence-electron chi connectivity index (χ2n) is 2.17. The molecule has 0 radical (unpaired) electrons. The van der Waals surface area contributed by atoms with Gasteiger partial charge in [-0.15, -0.1) is 0 Å². The highest BCUT2D eigenvalue weighted by Gasteiger charge is 1.92. The van der Waals surface area contributed by atoms with Gasteiger partial charge in [-0.1, -0.05) is 34.9 Å². The van der Waals surface area contributed by atoms with Crippen molar-refractivity contribution in [2.75, 3.05) is 0 Å². The first-order valence-electron chi connectivity index (χ1n) is 3.34. The van der Waals surface area contributed by atoms with E-state index in [1.54, 1.807) is 18.2 Å². The van der Waals surface area contributed by atoms with E-state index >= 15 is 0 Å². The molecule has 0 N–H and O–H groups in total. The van der Waals surface area contributed by atoms with Crippen molar-refractivity contribution < 1.29 is 0 Å². The Labute approximate surface area is 69.9 Å². The molecule has 4 heteroatoms. The summed E-state index contributed by atoms with van der Waals surface area (Å²) in [5.41, 5.74) is 9.48. The molecule has 0 aliphatic heterocycles. The molecule has 0 heterocycles. The van der Waals surface area contributed by atoms with Crippen molar-refractivity contribution >= 4 is 5.69 Å². The predicted octanol–water partition coefficient (Wildman–Crippen LogP) is 3.05. The van der Waals surface area contributed by atoms with Crippen LogP contribution in [-0.4, -0.2) is 0 Å². The molecule has 0 spiro atoms. The third-order valence-electron chi connectivity index (χ3n) is 1.36. The van der Waals surface area contributed by atoms with E-state index in [2.05, 4.69) is 14.9 Å². The van der Waals surface area contributed by atoms with Gasteiger partial charge in [0.1, 0.15) is 0 Å². The molecule has 0 bridgehead atoms. The Kier molecular flexibility index (Phi) is 2.72. The van der Waals surface area contributed by atoms with Crippen LogP contribution >= 0.6 is 0 Å². The first-order chi connectivity index (χ1) is 5.86. The molecule has 1 rings (SSSR count). The minimum absolute atomic E-state index is 0.305. The summed E-state index contributed by atoms with van der Waals surface area (Å²) in [6.07, 6.45) is 0. The minimum atomic E-state index is 0.305. The van der Waals surface area contributed by atoms with Gasteiger partial charge in [-0.3, -0.25) is 0 Å². The van der Waals surface area contributed by atoms with Gasteiger partial charge in [0.25, 0.3) is 0 Å². The summed E-state index contributed by atoms with van der Waals surface area (Å²) in [5.74, 6) is 0. The van der Waals surface area contributed by atoms with Gasteiger partial charge in [0.2, 0.25) is 0 Å². The molecule has 12 heavy (non-hydrogen) atoms. The highest BCUT2D eigenvalue weighted by molar-refractivity contribution is 5.46. The summed E-state index contributed by atoms with van der Waals surface area (Å²) in [4.78, 5) is 5.89. The highest BCUT2D eigenvalue weighted by Crippen LogP contribution is 2.14. The fourth-order valence-electron chi connectivity index (χ4n) is 0.838. The molecule has 0 fully saturated rings. The largest absolute Gasteiger partial charge is 0.238 e. The van der Waals surface area contributed by atoms with Crippen molar-refractivity contribution in [3.8, 4) is 0 Å². The molecule has 0 atom stereocenters. The summed E-state index contributed by atoms with van der Waals surface area (Å²) in [7, 11) is 0. The van der Waals surface area contributed by atoms with Crippen LogP contribution in [0.4, 0.5) is 5.69 Å². The maximum absolute atomic E-state index is 8.05. The average Bonchev–Trinajstić information content (AvgIpc) is 2.15. The zero-order valence-corrected chi connectivity index (χ0v) is 6.31. The SMILES string of the molecule is [C-]#[N+]c1cccc(CN=[N+]=[N-])c1. The lowest BCUT2D eigenvalue weighted by Crippen LogP contribution is -1.77. The lowest BCUT2D eigenvalue weighted by atomic mass is 10.2. The summed E-state index contributed by atoms with van der Waals surface area (Å²) in [6, 6.07) is 7.02. The Bertz CT molecular complexity index is 358. The van der Waals surface area contributed by atoms with Crippen LogP contribution in [0.25, 0.3) is 15.3 Å². The average molecular weight is 158 g/mol. The molecule has 4 nitrogen and oxygen atoms in total. The third kappa shape index (κ3) is 2.01. The van der Waals surface area contributed by atoms with Gasteiger partial charge in [0, 0.05) is 11.5 Å². The lowest BCUT2D eigenvalue weighted by molar-refractivity contribution is 1.05. The Balaban J connectivity index is 2.88. The van der Waals surface area contributed by atoms with Crippen LogP contribution in [0.2, 0.25) is 0 Å². The minimum Gasteiger partial charge on any atom is -0.238 e. The van der Waals surface area contributed by atoms with E-state index in [1.807, 2.05) is 6.07 Å². The van der Waals surface area contributed by atoms with Crippen molar-refractivity contribution in [1.82, 2.24) is 0 Å². The van der Waals surface area contributed by atoms with E-state index in [0.29, 0.717) is 12.2 Å². The van der Waals surface area contributed by atoms with Gasteiger partial charge in [-0.05, 0) is 5.53 Å². The van der Waals surface area contributed by atoms with Crippen molar-refractivity contribution in [3.05, 3.63) is 51.7 Å². The Hall–Kier alpha value is -1.98. The van der Waals surface area contributed by atoms with Crippen LogP contribution in [0.3, 0.4) is 0 Å². The summed E-state index contributed by atoms with van der Waals surface area (Å²) in [6.45, 7) is 7.04. The van der Waals surface area contributed by atoms with Crippen LogP contribution < -0.4 is 0 Å². The molecule has 1 aromatic carbocycles.